The highest BCUT2D eigenvalue weighted by Crippen LogP contribution is 2.33. The summed E-state index contributed by atoms with van der Waals surface area (Å²) in [6.45, 7) is 5.92. The van der Waals surface area contributed by atoms with Gasteiger partial charge in [0.1, 0.15) is 11.6 Å². The summed E-state index contributed by atoms with van der Waals surface area (Å²) in [6.07, 6.45) is 1.43. The predicted molar refractivity (Wildman–Crippen MR) is 120 cm³/mol. The largest absolute Gasteiger partial charge is 0.455 e. The van der Waals surface area contributed by atoms with Crippen LogP contribution in [0.4, 0.5) is 10.1 Å². The van der Waals surface area contributed by atoms with Crippen LogP contribution in [0, 0.1) is 12.7 Å². The molecule has 0 saturated heterocycles. The lowest BCUT2D eigenvalue weighted by Crippen LogP contribution is -2.30. The SMILES string of the molecule is CCN(CC)S(=O)(=O)c1ccc(Oc2ccc(F)cc2)c(NC(=O)c2ccc(C)nc2)c1. The summed E-state index contributed by atoms with van der Waals surface area (Å²) in [4.78, 5) is 16.9. The Morgan fingerprint density at radius 3 is 2.34 bits per heavy atom. The molecule has 2 aromatic carbocycles. The van der Waals surface area contributed by atoms with Gasteiger partial charge in [-0.2, -0.15) is 4.31 Å². The Morgan fingerprint density at radius 2 is 1.75 bits per heavy atom. The van der Waals surface area contributed by atoms with Crippen molar-refractivity contribution in [3.8, 4) is 11.5 Å². The molecule has 1 amide bonds. The lowest BCUT2D eigenvalue weighted by molar-refractivity contribution is 0.102. The number of ether oxygens (including phenoxy) is 1. The van der Waals surface area contributed by atoms with Crippen molar-refractivity contribution in [1.82, 2.24) is 9.29 Å². The van der Waals surface area contributed by atoms with Crippen molar-refractivity contribution in [2.24, 2.45) is 0 Å². The fraction of sp³-hybridized carbons (Fsp3) is 0.217. The minimum Gasteiger partial charge on any atom is -0.455 e. The third-order valence-electron chi connectivity index (χ3n) is 4.76. The van der Waals surface area contributed by atoms with Gasteiger partial charge in [0.05, 0.1) is 16.1 Å². The van der Waals surface area contributed by atoms with E-state index in [4.69, 9.17) is 4.74 Å². The van der Waals surface area contributed by atoms with E-state index in [9.17, 15) is 17.6 Å². The first-order valence-corrected chi connectivity index (χ1v) is 11.5. The summed E-state index contributed by atoms with van der Waals surface area (Å²) in [5.41, 5.74) is 1.22. The van der Waals surface area contributed by atoms with Crippen LogP contribution < -0.4 is 10.1 Å². The average molecular weight is 458 g/mol. The number of aromatic nitrogens is 1. The molecule has 3 rings (SSSR count). The van der Waals surface area contributed by atoms with Crippen LogP contribution in [-0.2, 0) is 10.0 Å². The fourth-order valence-electron chi connectivity index (χ4n) is 3.00. The third-order valence-corrected chi connectivity index (χ3v) is 6.80. The van der Waals surface area contributed by atoms with E-state index in [0.717, 1.165) is 5.69 Å². The number of aryl methyl sites for hydroxylation is 1. The zero-order valence-corrected chi connectivity index (χ0v) is 18.8. The van der Waals surface area contributed by atoms with E-state index in [1.807, 2.05) is 0 Å². The molecule has 0 radical (unpaired) electrons. The van der Waals surface area contributed by atoms with E-state index in [2.05, 4.69) is 10.3 Å². The molecule has 0 bridgehead atoms. The van der Waals surface area contributed by atoms with E-state index in [0.29, 0.717) is 24.4 Å². The number of hydrogen-bond acceptors (Lipinski definition) is 5. The number of rotatable bonds is 8. The van der Waals surface area contributed by atoms with Crippen molar-refractivity contribution in [1.29, 1.82) is 0 Å². The van der Waals surface area contributed by atoms with Crippen LogP contribution in [0.1, 0.15) is 29.9 Å². The van der Waals surface area contributed by atoms with Crippen LogP contribution >= 0.6 is 0 Å². The summed E-state index contributed by atoms with van der Waals surface area (Å²) in [6, 6.07) is 12.9. The monoisotopic (exact) mass is 457 g/mol. The summed E-state index contributed by atoms with van der Waals surface area (Å²) < 4.78 is 46.3. The highest BCUT2D eigenvalue weighted by molar-refractivity contribution is 7.89. The average Bonchev–Trinajstić information content (AvgIpc) is 2.77. The van der Waals surface area contributed by atoms with Gasteiger partial charge in [0.15, 0.2) is 5.75 Å². The van der Waals surface area contributed by atoms with Gasteiger partial charge in [0.25, 0.3) is 5.91 Å². The Bertz CT molecular complexity index is 1190. The maximum Gasteiger partial charge on any atom is 0.257 e. The van der Waals surface area contributed by atoms with Gasteiger partial charge < -0.3 is 10.1 Å². The molecule has 32 heavy (non-hydrogen) atoms. The summed E-state index contributed by atoms with van der Waals surface area (Å²) >= 11 is 0. The van der Waals surface area contributed by atoms with E-state index in [-0.39, 0.29) is 16.3 Å². The topological polar surface area (TPSA) is 88.6 Å². The van der Waals surface area contributed by atoms with E-state index in [1.165, 1.54) is 53.0 Å². The maximum atomic E-state index is 13.2. The number of carbonyl (C=O) groups is 1. The molecular weight excluding hydrogens is 433 g/mol. The minimum absolute atomic E-state index is 0.0185. The van der Waals surface area contributed by atoms with Crippen LogP contribution in [-0.4, -0.2) is 36.7 Å². The number of nitrogens with one attached hydrogen (secondary N) is 1. The number of nitrogens with zero attached hydrogens (tertiary/aromatic N) is 2. The number of benzene rings is 2. The zero-order valence-electron chi connectivity index (χ0n) is 18.0. The van der Waals surface area contributed by atoms with E-state index in [1.54, 1.807) is 32.9 Å². The zero-order chi connectivity index (χ0) is 23.3. The molecule has 0 aliphatic heterocycles. The third kappa shape index (κ3) is 5.30. The summed E-state index contributed by atoms with van der Waals surface area (Å²) in [7, 11) is -3.76. The highest BCUT2D eigenvalue weighted by Gasteiger charge is 2.24. The number of hydrogen-bond donors (Lipinski definition) is 1. The highest BCUT2D eigenvalue weighted by atomic mass is 32.2. The van der Waals surface area contributed by atoms with Crippen LogP contribution in [0.5, 0.6) is 11.5 Å². The second-order valence-electron chi connectivity index (χ2n) is 6.95. The molecule has 0 aliphatic rings. The normalized spacial score (nSPS) is 11.4. The molecule has 9 heteroatoms. The van der Waals surface area contributed by atoms with Crippen molar-refractivity contribution < 1.29 is 22.3 Å². The van der Waals surface area contributed by atoms with E-state index >= 15 is 0 Å². The molecule has 0 aliphatic carbocycles. The number of carbonyl (C=O) groups excluding carboxylic acids is 1. The number of amides is 1. The van der Waals surface area contributed by atoms with Crippen LogP contribution in [0.3, 0.4) is 0 Å². The van der Waals surface area contributed by atoms with Gasteiger partial charge in [-0.05, 0) is 61.5 Å². The van der Waals surface area contributed by atoms with Crippen molar-refractivity contribution in [2.45, 2.75) is 25.7 Å². The molecule has 0 unspecified atom stereocenters. The molecule has 1 N–H and O–H groups in total. The second kappa shape index (κ2) is 9.88. The number of anilines is 1. The first kappa shape index (κ1) is 23.4. The summed E-state index contributed by atoms with van der Waals surface area (Å²) in [5.74, 6) is -0.348. The molecule has 0 atom stereocenters. The molecule has 168 valence electrons. The Balaban J connectivity index is 2.01. The number of halogens is 1. The Hall–Kier alpha value is -3.30. The lowest BCUT2D eigenvalue weighted by Gasteiger charge is -2.20. The van der Waals surface area contributed by atoms with Crippen LogP contribution in [0.2, 0.25) is 0 Å². The van der Waals surface area contributed by atoms with Gasteiger partial charge >= 0.3 is 0 Å². The smallest absolute Gasteiger partial charge is 0.257 e. The van der Waals surface area contributed by atoms with Crippen molar-refractivity contribution in [2.75, 3.05) is 18.4 Å². The Morgan fingerprint density at radius 1 is 1.06 bits per heavy atom. The summed E-state index contributed by atoms with van der Waals surface area (Å²) in [5, 5.41) is 2.70. The van der Waals surface area contributed by atoms with Gasteiger partial charge in [0.2, 0.25) is 10.0 Å². The van der Waals surface area contributed by atoms with Gasteiger partial charge in [-0.1, -0.05) is 13.8 Å². The first-order valence-electron chi connectivity index (χ1n) is 10.1. The fourth-order valence-corrected chi connectivity index (χ4v) is 4.48. The van der Waals surface area contributed by atoms with Crippen molar-refractivity contribution in [3.05, 3.63) is 77.9 Å². The molecular formula is C23H24FN3O4S. The van der Waals surface area contributed by atoms with Crippen LogP contribution in [0.15, 0.2) is 65.7 Å². The molecule has 0 fully saturated rings. The Labute approximate surface area is 186 Å². The Kier molecular flexibility index (Phi) is 7.22. The maximum absolute atomic E-state index is 13.2. The predicted octanol–water partition coefficient (Wildman–Crippen LogP) is 4.60. The first-order chi connectivity index (χ1) is 15.2. The van der Waals surface area contributed by atoms with Crippen molar-refractivity contribution >= 4 is 21.6 Å². The molecule has 0 spiro atoms. The second-order valence-corrected chi connectivity index (χ2v) is 8.88. The molecule has 1 aromatic heterocycles. The van der Waals surface area contributed by atoms with Crippen LogP contribution in [0.25, 0.3) is 0 Å². The van der Waals surface area contributed by atoms with Crippen molar-refractivity contribution in [3.63, 3.8) is 0 Å². The van der Waals surface area contributed by atoms with Gasteiger partial charge in [0, 0.05) is 25.0 Å². The molecule has 3 aromatic rings. The minimum atomic E-state index is -3.76. The standard InChI is InChI=1S/C23H24FN3O4S/c1-4-27(5-2)32(29,30)20-12-13-22(31-19-10-8-18(24)9-11-19)21(14-20)26-23(28)17-7-6-16(3)25-15-17/h6-15H,4-5H2,1-3H3,(H,26,28). The quantitative estimate of drug-likeness (QED) is 0.534. The van der Waals surface area contributed by atoms with E-state index < -0.39 is 21.7 Å². The molecule has 0 saturated carbocycles. The molecule has 1 heterocycles. The molecule has 7 nitrogen and oxygen atoms in total. The van der Waals surface area contributed by atoms with Gasteiger partial charge in [-0.3, -0.25) is 9.78 Å². The number of sulfonamides is 1. The lowest BCUT2D eigenvalue weighted by atomic mass is 10.2. The van der Waals surface area contributed by atoms with Gasteiger partial charge in [-0.25, -0.2) is 12.8 Å². The van der Waals surface area contributed by atoms with Gasteiger partial charge in [-0.15, -0.1) is 0 Å². The number of pyridine rings is 1.